The monoisotopic (exact) mass is 398 g/mol. The molecule has 0 aliphatic carbocycles. The van der Waals surface area contributed by atoms with Gasteiger partial charge < -0.3 is 9.26 Å². The van der Waals surface area contributed by atoms with Crippen molar-refractivity contribution < 1.29 is 22.5 Å². The van der Waals surface area contributed by atoms with Crippen LogP contribution in [0.1, 0.15) is 31.0 Å². The average Bonchev–Trinajstić information content (AvgIpc) is 3.23. The zero-order valence-corrected chi connectivity index (χ0v) is 16.7. The molecule has 0 radical (unpaired) electrons. The number of carbonyl (C=O) groups excluding carboxylic acids is 1. The van der Waals surface area contributed by atoms with Gasteiger partial charge in [-0.05, 0) is 45.7 Å². The third-order valence-electron chi connectivity index (χ3n) is 4.56. The topological polar surface area (TPSA) is 89.7 Å². The normalized spacial score (nSPS) is 18.8. The minimum Gasteiger partial charge on any atom is -0.466 e. The van der Waals surface area contributed by atoms with Crippen molar-refractivity contribution >= 4 is 27.3 Å². The molecule has 2 aromatic rings. The predicted molar refractivity (Wildman–Crippen MR) is 97.4 cm³/mol. The quantitative estimate of drug-likeness (QED) is 0.719. The summed E-state index contributed by atoms with van der Waals surface area (Å²) in [7, 11) is -3.65. The molecule has 1 saturated heterocycles. The van der Waals surface area contributed by atoms with Crippen molar-refractivity contribution in [3.63, 3.8) is 0 Å². The van der Waals surface area contributed by atoms with Crippen molar-refractivity contribution in [2.45, 2.75) is 37.8 Å². The van der Waals surface area contributed by atoms with Crippen molar-refractivity contribution in [2.24, 2.45) is 5.92 Å². The summed E-state index contributed by atoms with van der Waals surface area (Å²) in [5.41, 5.74) is 1.68. The third kappa shape index (κ3) is 3.56. The van der Waals surface area contributed by atoms with Crippen LogP contribution in [0.25, 0.3) is 10.6 Å². The van der Waals surface area contributed by atoms with E-state index in [1.807, 2.05) is 13.8 Å². The van der Waals surface area contributed by atoms with E-state index in [-0.39, 0.29) is 16.7 Å². The highest BCUT2D eigenvalue weighted by molar-refractivity contribution is 7.91. The van der Waals surface area contributed by atoms with Gasteiger partial charge in [-0.15, -0.1) is 11.3 Å². The van der Waals surface area contributed by atoms with Crippen molar-refractivity contribution in [3.8, 4) is 10.6 Å². The Bertz CT molecular complexity index is 900. The average molecular weight is 399 g/mol. The Morgan fingerprint density at radius 1 is 1.42 bits per heavy atom. The van der Waals surface area contributed by atoms with Gasteiger partial charge in [-0.3, -0.25) is 4.79 Å². The van der Waals surface area contributed by atoms with E-state index in [1.165, 1.54) is 4.31 Å². The Hall–Kier alpha value is -1.71. The fraction of sp³-hybridized carbons (Fsp3) is 0.529. The second-order valence-corrected chi connectivity index (χ2v) is 9.54. The molecular formula is C17H22N2O5S2. The van der Waals surface area contributed by atoms with Crippen LogP contribution in [0.15, 0.2) is 20.9 Å². The molecule has 1 atom stereocenters. The SMILES string of the molecule is CCOC(=O)[C@H]1CCCN(S(=O)(=O)c2ccc(-c3onc(C)c3C)s2)C1. The van der Waals surface area contributed by atoms with Crippen molar-refractivity contribution in [2.75, 3.05) is 19.7 Å². The van der Waals surface area contributed by atoms with Gasteiger partial charge in [-0.1, -0.05) is 5.16 Å². The first kappa shape index (κ1) is 19.1. The van der Waals surface area contributed by atoms with Crippen LogP contribution >= 0.6 is 11.3 Å². The molecular weight excluding hydrogens is 376 g/mol. The fourth-order valence-corrected chi connectivity index (χ4v) is 5.99. The first-order valence-electron chi connectivity index (χ1n) is 8.54. The number of aryl methyl sites for hydroxylation is 1. The number of thiophene rings is 1. The Kier molecular flexibility index (Phi) is 5.50. The first-order valence-corrected chi connectivity index (χ1v) is 10.8. The molecule has 142 valence electrons. The summed E-state index contributed by atoms with van der Waals surface area (Å²) in [6, 6.07) is 3.32. The Morgan fingerprint density at radius 3 is 2.85 bits per heavy atom. The van der Waals surface area contributed by atoms with Gasteiger partial charge in [0.05, 0.1) is 23.1 Å². The molecule has 26 heavy (non-hydrogen) atoms. The number of sulfonamides is 1. The van der Waals surface area contributed by atoms with E-state index in [9.17, 15) is 13.2 Å². The standard InChI is InChI=1S/C17H22N2O5S2/c1-4-23-17(20)13-6-5-9-19(10-13)26(21,22)15-8-7-14(25-15)16-11(2)12(3)18-24-16/h7-8,13H,4-6,9-10H2,1-3H3/t13-/m0/s1. The Balaban J connectivity index is 1.82. The zero-order valence-electron chi connectivity index (χ0n) is 15.0. The van der Waals surface area contributed by atoms with Gasteiger partial charge in [0.2, 0.25) is 0 Å². The highest BCUT2D eigenvalue weighted by atomic mass is 32.2. The van der Waals surface area contributed by atoms with Gasteiger partial charge >= 0.3 is 5.97 Å². The maximum absolute atomic E-state index is 13.0. The number of ether oxygens (including phenoxy) is 1. The summed E-state index contributed by atoms with van der Waals surface area (Å²) in [5, 5.41) is 3.92. The molecule has 1 aliphatic rings. The second-order valence-electron chi connectivity index (χ2n) is 6.30. The molecule has 0 aromatic carbocycles. The molecule has 9 heteroatoms. The Labute approximate surface area is 157 Å². The van der Waals surface area contributed by atoms with Crippen LogP contribution in [0.2, 0.25) is 0 Å². The molecule has 1 fully saturated rings. The summed E-state index contributed by atoms with van der Waals surface area (Å²) in [4.78, 5) is 12.7. The highest BCUT2D eigenvalue weighted by Gasteiger charge is 2.35. The number of aromatic nitrogens is 1. The smallest absolute Gasteiger partial charge is 0.310 e. The third-order valence-corrected chi connectivity index (χ3v) is 7.98. The number of piperidine rings is 1. The van der Waals surface area contributed by atoms with E-state index < -0.39 is 15.9 Å². The van der Waals surface area contributed by atoms with Gasteiger partial charge in [0, 0.05) is 18.7 Å². The number of esters is 1. The summed E-state index contributed by atoms with van der Waals surface area (Å²) < 4.78 is 38.0. The maximum Gasteiger partial charge on any atom is 0.310 e. The van der Waals surface area contributed by atoms with E-state index in [0.29, 0.717) is 31.8 Å². The maximum atomic E-state index is 13.0. The van der Waals surface area contributed by atoms with E-state index in [0.717, 1.165) is 27.5 Å². The largest absolute Gasteiger partial charge is 0.466 e. The molecule has 0 spiro atoms. The lowest BCUT2D eigenvalue weighted by Gasteiger charge is -2.30. The van der Waals surface area contributed by atoms with E-state index in [4.69, 9.17) is 9.26 Å². The number of hydrogen-bond acceptors (Lipinski definition) is 7. The molecule has 0 unspecified atom stereocenters. The summed E-state index contributed by atoms with van der Waals surface area (Å²) in [6.45, 7) is 6.35. The lowest BCUT2D eigenvalue weighted by molar-refractivity contribution is -0.149. The molecule has 7 nitrogen and oxygen atoms in total. The molecule has 0 N–H and O–H groups in total. The van der Waals surface area contributed by atoms with Gasteiger partial charge in [0.15, 0.2) is 5.76 Å². The first-order chi connectivity index (χ1) is 12.3. The number of nitrogens with zero attached hydrogens (tertiary/aromatic N) is 2. The summed E-state index contributed by atoms with van der Waals surface area (Å²) in [5.74, 6) is -0.138. The molecule has 2 aromatic heterocycles. The molecule has 3 rings (SSSR count). The lowest BCUT2D eigenvalue weighted by Crippen LogP contribution is -2.42. The molecule has 0 saturated carbocycles. The van der Waals surface area contributed by atoms with Crippen molar-refractivity contribution in [3.05, 3.63) is 23.4 Å². The van der Waals surface area contributed by atoms with E-state index in [2.05, 4.69) is 5.16 Å². The second kappa shape index (κ2) is 7.50. The van der Waals surface area contributed by atoms with Crippen LogP contribution in [0, 0.1) is 19.8 Å². The number of carbonyl (C=O) groups is 1. The van der Waals surface area contributed by atoms with Crippen LogP contribution in [0.3, 0.4) is 0 Å². The van der Waals surface area contributed by atoms with Gasteiger partial charge in [-0.2, -0.15) is 4.31 Å². The summed E-state index contributed by atoms with van der Waals surface area (Å²) in [6.07, 6.45) is 1.29. The van der Waals surface area contributed by atoms with Crippen LogP contribution in [-0.2, 0) is 19.6 Å². The summed E-state index contributed by atoms with van der Waals surface area (Å²) >= 11 is 1.15. The van der Waals surface area contributed by atoms with Crippen molar-refractivity contribution in [1.29, 1.82) is 0 Å². The van der Waals surface area contributed by atoms with E-state index >= 15 is 0 Å². The van der Waals surface area contributed by atoms with Crippen LogP contribution in [-0.4, -0.2) is 43.5 Å². The van der Waals surface area contributed by atoms with Gasteiger partial charge in [0.1, 0.15) is 4.21 Å². The fourth-order valence-electron chi connectivity index (χ4n) is 2.97. The van der Waals surface area contributed by atoms with Crippen LogP contribution < -0.4 is 0 Å². The lowest BCUT2D eigenvalue weighted by atomic mass is 10.0. The predicted octanol–water partition coefficient (Wildman–Crippen LogP) is 2.98. The van der Waals surface area contributed by atoms with Crippen molar-refractivity contribution in [1.82, 2.24) is 9.46 Å². The van der Waals surface area contributed by atoms with Crippen LogP contribution in [0.5, 0.6) is 0 Å². The number of hydrogen-bond donors (Lipinski definition) is 0. The van der Waals surface area contributed by atoms with Crippen LogP contribution in [0.4, 0.5) is 0 Å². The minimum absolute atomic E-state index is 0.162. The van der Waals surface area contributed by atoms with Gasteiger partial charge in [-0.25, -0.2) is 8.42 Å². The van der Waals surface area contributed by atoms with Gasteiger partial charge in [0.25, 0.3) is 10.0 Å². The molecule has 1 aliphatic heterocycles. The molecule has 3 heterocycles. The molecule has 0 amide bonds. The van der Waals surface area contributed by atoms with E-state index in [1.54, 1.807) is 19.1 Å². The zero-order chi connectivity index (χ0) is 18.9. The molecule has 0 bridgehead atoms. The highest BCUT2D eigenvalue weighted by Crippen LogP contribution is 2.35. The minimum atomic E-state index is -3.65. The Morgan fingerprint density at radius 2 is 2.19 bits per heavy atom. The number of rotatable bonds is 5.